The van der Waals surface area contributed by atoms with Gasteiger partial charge in [0.2, 0.25) is 15.9 Å². The zero-order valence-electron chi connectivity index (χ0n) is 16.8. The van der Waals surface area contributed by atoms with E-state index in [1.807, 2.05) is 71.0 Å². The van der Waals surface area contributed by atoms with Gasteiger partial charge >= 0.3 is 0 Å². The highest BCUT2D eigenvalue weighted by Crippen LogP contribution is 2.26. The van der Waals surface area contributed by atoms with E-state index in [9.17, 15) is 13.2 Å². The lowest BCUT2D eigenvalue weighted by Gasteiger charge is -2.26. The van der Waals surface area contributed by atoms with Gasteiger partial charge in [0.25, 0.3) is 0 Å². The number of hydrogen-bond acceptors (Lipinski definition) is 3. The second-order valence-electron chi connectivity index (χ2n) is 7.14. The van der Waals surface area contributed by atoms with Crippen LogP contribution in [-0.2, 0) is 14.8 Å². The molecule has 0 aliphatic carbocycles. The van der Waals surface area contributed by atoms with Gasteiger partial charge in [-0.2, -0.15) is 0 Å². The molecule has 0 heterocycles. The fourth-order valence-electron chi connectivity index (χ4n) is 3.10. The lowest BCUT2D eigenvalue weighted by atomic mass is 10.0. The first kappa shape index (κ1) is 21.0. The zero-order chi connectivity index (χ0) is 20.4. The number of nitrogens with zero attached hydrogens (tertiary/aromatic N) is 1. The molecule has 0 aliphatic heterocycles. The Kier molecular flexibility index (Phi) is 6.31. The van der Waals surface area contributed by atoms with Crippen LogP contribution < -0.4 is 9.62 Å². The van der Waals surface area contributed by atoms with Crippen LogP contribution in [0.3, 0.4) is 0 Å². The van der Waals surface area contributed by atoms with Gasteiger partial charge in [0.05, 0.1) is 18.0 Å². The lowest BCUT2D eigenvalue weighted by Crippen LogP contribution is -2.41. The van der Waals surface area contributed by atoms with E-state index in [4.69, 9.17) is 0 Å². The van der Waals surface area contributed by atoms with E-state index in [0.717, 1.165) is 28.5 Å². The van der Waals surface area contributed by atoms with Crippen molar-refractivity contribution in [1.29, 1.82) is 0 Å². The normalized spacial score (nSPS) is 12.5. The van der Waals surface area contributed by atoms with Crippen LogP contribution in [0.4, 0.5) is 5.69 Å². The maximum atomic E-state index is 12.6. The largest absolute Gasteiger partial charge is 0.348 e. The van der Waals surface area contributed by atoms with E-state index in [2.05, 4.69) is 5.32 Å². The molecule has 27 heavy (non-hydrogen) atoms. The van der Waals surface area contributed by atoms with Gasteiger partial charge in [-0.15, -0.1) is 0 Å². The fourth-order valence-corrected chi connectivity index (χ4v) is 4.07. The van der Waals surface area contributed by atoms with E-state index in [1.165, 1.54) is 9.87 Å². The Morgan fingerprint density at radius 2 is 1.59 bits per heavy atom. The molecule has 0 unspecified atom stereocenters. The molecule has 6 heteroatoms. The van der Waals surface area contributed by atoms with Crippen molar-refractivity contribution in [3.05, 3.63) is 64.2 Å². The molecule has 0 spiro atoms. The number of para-hydroxylation sites is 1. The van der Waals surface area contributed by atoms with Gasteiger partial charge in [0, 0.05) is 0 Å². The molecule has 2 aromatic rings. The molecule has 1 amide bonds. The van der Waals surface area contributed by atoms with E-state index >= 15 is 0 Å². The number of aryl methyl sites for hydroxylation is 4. The van der Waals surface area contributed by atoms with Crippen LogP contribution in [0.2, 0.25) is 0 Å². The van der Waals surface area contributed by atoms with Crippen LogP contribution in [0.5, 0.6) is 0 Å². The van der Waals surface area contributed by atoms with Crippen molar-refractivity contribution in [2.45, 2.75) is 40.7 Å². The molecular formula is C21H28N2O3S. The number of rotatable bonds is 6. The highest BCUT2D eigenvalue weighted by molar-refractivity contribution is 7.92. The Hall–Kier alpha value is -2.34. The topological polar surface area (TPSA) is 66.5 Å². The first-order valence-electron chi connectivity index (χ1n) is 8.91. The summed E-state index contributed by atoms with van der Waals surface area (Å²) in [5, 5.41) is 2.91. The summed E-state index contributed by atoms with van der Waals surface area (Å²) in [5.41, 5.74) is 5.53. The van der Waals surface area contributed by atoms with Gasteiger partial charge in [-0.1, -0.05) is 36.4 Å². The predicted octanol–water partition coefficient (Wildman–Crippen LogP) is 3.56. The summed E-state index contributed by atoms with van der Waals surface area (Å²) < 4.78 is 25.9. The van der Waals surface area contributed by atoms with Gasteiger partial charge in [0.1, 0.15) is 6.54 Å². The second kappa shape index (κ2) is 8.13. The Labute approximate surface area is 162 Å². The van der Waals surface area contributed by atoms with Crippen LogP contribution >= 0.6 is 0 Å². The Morgan fingerprint density at radius 1 is 1.00 bits per heavy atom. The molecule has 0 bridgehead atoms. The molecule has 146 valence electrons. The maximum absolute atomic E-state index is 12.6. The van der Waals surface area contributed by atoms with E-state index in [1.54, 1.807) is 0 Å². The van der Waals surface area contributed by atoms with Crippen LogP contribution in [-0.4, -0.2) is 27.1 Å². The van der Waals surface area contributed by atoms with Crippen molar-refractivity contribution in [1.82, 2.24) is 5.32 Å². The number of benzene rings is 2. The first-order valence-corrected chi connectivity index (χ1v) is 10.8. The Bertz CT molecular complexity index is 932. The molecule has 1 N–H and O–H groups in total. The summed E-state index contributed by atoms with van der Waals surface area (Å²) in [6, 6.07) is 11.4. The zero-order valence-corrected chi connectivity index (χ0v) is 17.6. The SMILES string of the molecule is Cc1ccc([C@@H](C)NC(=O)CN(c2c(C)cccc2C)S(C)(=O)=O)cc1C. The first-order chi connectivity index (χ1) is 12.5. The monoisotopic (exact) mass is 388 g/mol. The number of sulfonamides is 1. The minimum atomic E-state index is -3.60. The molecule has 0 aromatic heterocycles. The number of carbonyl (C=O) groups is 1. The second-order valence-corrected chi connectivity index (χ2v) is 9.05. The van der Waals surface area contributed by atoms with Gasteiger partial charge in [-0.05, 0) is 62.4 Å². The quantitative estimate of drug-likeness (QED) is 0.823. The molecule has 0 saturated carbocycles. The van der Waals surface area contributed by atoms with Crippen LogP contribution in [0.1, 0.15) is 40.8 Å². The average molecular weight is 389 g/mol. The molecule has 2 aromatic carbocycles. The number of carbonyl (C=O) groups excluding carboxylic acids is 1. The van der Waals surface area contributed by atoms with Gasteiger partial charge in [-0.25, -0.2) is 8.42 Å². The standard InChI is InChI=1S/C21H28N2O3S/c1-14-10-11-19(12-17(14)4)18(5)22-20(24)13-23(27(6,25)26)21-15(2)8-7-9-16(21)3/h7-12,18H,13H2,1-6H3,(H,22,24)/t18-/m1/s1. The van der Waals surface area contributed by atoms with Crippen molar-refractivity contribution in [2.24, 2.45) is 0 Å². The van der Waals surface area contributed by atoms with Crippen LogP contribution in [0.25, 0.3) is 0 Å². The highest BCUT2D eigenvalue weighted by Gasteiger charge is 2.24. The summed E-state index contributed by atoms with van der Waals surface area (Å²) in [7, 11) is -3.60. The molecule has 0 fully saturated rings. The highest BCUT2D eigenvalue weighted by atomic mass is 32.2. The molecule has 2 rings (SSSR count). The molecule has 0 aliphatic rings. The van der Waals surface area contributed by atoms with Gasteiger partial charge in [0.15, 0.2) is 0 Å². The third-order valence-corrected chi connectivity index (χ3v) is 5.90. The molecule has 5 nitrogen and oxygen atoms in total. The van der Waals surface area contributed by atoms with E-state index in [0.29, 0.717) is 5.69 Å². The van der Waals surface area contributed by atoms with Gasteiger partial charge in [-0.3, -0.25) is 9.10 Å². The van der Waals surface area contributed by atoms with E-state index in [-0.39, 0.29) is 18.5 Å². The summed E-state index contributed by atoms with van der Waals surface area (Å²) in [6.07, 6.45) is 1.12. The summed E-state index contributed by atoms with van der Waals surface area (Å²) in [6.45, 7) is 9.40. The Morgan fingerprint density at radius 3 is 2.11 bits per heavy atom. The smallest absolute Gasteiger partial charge is 0.241 e. The fraction of sp³-hybridized carbons (Fsp3) is 0.381. The lowest BCUT2D eigenvalue weighted by molar-refractivity contribution is -0.120. The van der Waals surface area contributed by atoms with Gasteiger partial charge < -0.3 is 5.32 Å². The minimum Gasteiger partial charge on any atom is -0.348 e. The average Bonchev–Trinajstić information content (AvgIpc) is 2.55. The van der Waals surface area contributed by atoms with Crippen molar-refractivity contribution < 1.29 is 13.2 Å². The number of hydrogen-bond donors (Lipinski definition) is 1. The minimum absolute atomic E-state index is 0.212. The van der Waals surface area contributed by atoms with Crippen LogP contribution in [0, 0.1) is 27.7 Å². The summed E-state index contributed by atoms with van der Waals surface area (Å²) >= 11 is 0. The van der Waals surface area contributed by atoms with Crippen LogP contribution in [0.15, 0.2) is 36.4 Å². The van der Waals surface area contributed by atoms with Crippen molar-refractivity contribution >= 4 is 21.6 Å². The maximum Gasteiger partial charge on any atom is 0.241 e. The predicted molar refractivity (Wildman–Crippen MR) is 111 cm³/mol. The molecular weight excluding hydrogens is 360 g/mol. The van der Waals surface area contributed by atoms with E-state index < -0.39 is 10.0 Å². The number of amides is 1. The number of anilines is 1. The summed E-state index contributed by atoms with van der Waals surface area (Å²) in [4.78, 5) is 12.6. The Balaban J connectivity index is 2.23. The molecule has 0 radical (unpaired) electrons. The van der Waals surface area contributed by atoms with Crippen molar-refractivity contribution in [2.75, 3.05) is 17.1 Å². The number of nitrogens with one attached hydrogen (secondary N) is 1. The van der Waals surface area contributed by atoms with Crippen molar-refractivity contribution in [3.8, 4) is 0 Å². The summed E-state index contributed by atoms with van der Waals surface area (Å²) in [5.74, 6) is -0.339. The third kappa shape index (κ3) is 5.10. The van der Waals surface area contributed by atoms with Crippen molar-refractivity contribution in [3.63, 3.8) is 0 Å². The third-order valence-electron chi connectivity index (χ3n) is 4.78. The molecule has 0 saturated heterocycles. The molecule has 1 atom stereocenters.